The topological polar surface area (TPSA) is 52.6 Å². The normalized spacial score (nSPS) is 11.8. The van der Waals surface area contributed by atoms with Gasteiger partial charge in [-0.15, -0.1) is 0 Å². The Morgan fingerprint density at radius 1 is 0.656 bits per heavy atom. The quantitative estimate of drug-likeness (QED) is 0.0886. The van der Waals surface area contributed by atoms with Gasteiger partial charge in [-0.05, 0) is 32.6 Å². The molecule has 0 aliphatic carbocycles. The van der Waals surface area contributed by atoms with Gasteiger partial charge >= 0.3 is 5.97 Å². The third kappa shape index (κ3) is 18.7. The fraction of sp³-hybridized carbons (Fsp3) is 0.929. The van der Waals surface area contributed by atoms with Crippen molar-refractivity contribution in [3.05, 3.63) is 0 Å². The van der Waals surface area contributed by atoms with Crippen LogP contribution < -0.4 is 0 Å². The average molecular weight is 455 g/mol. The summed E-state index contributed by atoms with van der Waals surface area (Å²) in [5.41, 5.74) is -1.11. The van der Waals surface area contributed by atoms with Crippen LogP contribution in [-0.2, 0) is 19.1 Å². The molecule has 0 aliphatic rings. The van der Waals surface area contributed by atoms with E-state index < -0.39 is 17.4 Å². The SMILES string of the molecule is CCCCCCCCCCCCCCCCCCOC(=O)C(=O)C(C)(C)OCCC(C)C. The molecule has 32 heavy (non-hydrogen) atoms. The van der Waals surface area contributed by atoms with Crippen molar-refractivity contribution < 1.29 is 19.1 Å². The molecule has 0 aromatic rings. The van der Waals surface area contributed by atoms with E-state index in [1.165, 1.54) is 89.9 Å². The molecule has 0 aromatic carbocycles. The van der Waals surface area contributed by atoms with Crippen molar-refractivity contribution in [2.24, 2.45) is 5.92 Å². The van der Waals surface area contributed by atoms with Gasteiger partial charge in [-0.2, -0.15) is 0 Å². The van der Waals surface area contributed by atoms with Gasteiger partial charge in [0.2, 0.25) is 0 Å². The summed E-state index contributed by atoms with van der Waals surface area (Å²) in [6, 6.07) is 0. The van der Waals surface area contributed by atoms with Gasteiger partial charge in [0.05, 0.1) is 6.61 Å². The fourth-order valence-corrected chi connectivity index (χ4v) is 3.74. The molecule has 0 saturated carbocycles. The minimum Gasteiger partial charge on any atom is -0.460 e. The zero-order valence-electron chi connectivity index (χ0n) is 22.1. The van der Waals surface area contributed by atoms with E-state index in [0.29, 0.717) is 19.1 Å². The molecule has 4 heteroatoms. The van der Waals surface area contributed by atoms with Gasteiger partial charge in [0.1, 0.15) is 5.60 Å². The highest BCUT2D eigenvalue weighted by Gasteiger charge is 2.35. The van der Waals surface area contributed by atoms with Crippen molar-refractivity contribution in [2.45, 2.75) is 149 Å². The molecule has 0 saturated heterocycles. The highest BCUT2D eigenvalue weighted by Crippen LogP contribution is 2.15. The third-order valence-corrected chi connectivity index (χ3v) is 6.12. The van der Waals surface area contributed by atoms with E-state index in [4.69, 9.17) is 9.47 Å². The van der Waals surface area contributed by atoms with Crippen LogP contribution >= 0.6 is 0 Å². The maximum absolute atomic E-state index is 12.2. The first-order chi connectivity index (χ1) is 15.3. The van der Waals surface area contributed by atoms with Crippen molar-refractivity contribution in [1.29, 1.82) is 0 Å². The molecule has 0 aromatic heterocycles. The Morgan fingerprint density at radius 2 is 1.06 bits per heavy atom. The van der Waals surface area contributed by atoms with Crippen LogP contribution in [0.25, 0.3) is 0 Å². The maximum atomic E-state index is 12.2. The van der Waals surface area contributed by atoms with Crippen LogP contribution in [0.1, 0.15) is 144 Å². The van der Waals surface area contributed by atoms with Gasteiger partial charge in [-0.3, -0.25) is 4.79 Å². The van der Waals surface area contributed by atoms with E-state index in [1.54, 1.807) is 13.8 Å². The van der Waals surface area contributed by atoms with Crippen molar-refractivity contribution in [2.75, 3.05) is 13.2 Å². The second-order valence-electron chi connectivity index (χ2n) is 10.3. The minimum atomic E-state index is -1.11. The second-order valence-corrected chi connectivity index (χ2v) is 10.3. The van der Waals surface area contributed by atoms with Gasteiger partial charge in [0.15, 0.2) is 0 Å². The highest BCUT2D eigenvalue weighted by atomic mass is 16.5. The largest absolute Gasteiger partial charge is 0.460 e. The number of unbranched alkanes of at least 4 members (excludes halogenated alkanes) is 15. The second kappa shape index (κ2) is 20.7. The minimum absolute atomic E-state index is 0.324. The number of ketones is 1. The zero-order valence-corrected chi connectivity index (χ0v) is 22.1. The molecule has 0 radical (unpaired) electrons. The van der Waals surface area contributed by atoms with Gasteiger partial charge < -0.3 is 9.47 Å². The summed E-state index contributed by atoms with van der Waals surface area (Å²) >= 11 is 0. The van der Waals surface area contributed by atoms with Gasteiger partial charge in [-0.25, -0.2) is 4.79 Å². The summed E-state index contributed by atoms with van der Waals surface area (Å²) in [6.45, 7) is 10.6. The van der Waals surface area contributed by atoms with Crippen molar-refractivity contribution in [1.82, 2.24) is 0 Å². The van der Waals surface area contributed by atoms with Crippen LogP contribution in [0.15, 0.2) is 0 Å². The van der Waals surface area contributed by atoms with Crippen LogP contribution in [0.3, 0.4) is 0 Å². The Kier molecular flexibility index (Phi) is 20.1. The Morgan fingerprint density at radius 3 is 1.47 bits per heavy atom. The molecule has 0 aliphatic heterocycles. The van der Waals surface area contributed by atoms with E-state index in [-0.39, 0.29) is 0 Å². The molecular formula is C28H54O4. The number of hydrogen-bond acceptors (Lipinski definition) is 4. The lowest BCUT2D eigenvalue weighted by atomic mass is 10.0. The number of carbonyl (C=O) groups is 2. The Labute approximate surface area is 199 Å². The van der Waals surface area contributed by atoms with Gasteiger partial charge in [0.25, 0.3) is 5.78 Å². The first-order valence-corrected chi connectivity index (χ1v) is 13.7. The summed E-state index contributed by atoms with van der Waals surface area (Å²) in [6.07, 6.45) is 21.8. The third-order valence-electron chi connectivity index (χ3n) is 6.12. The van der Waals surface area contributed by atoms with Crippen molar-refractivity contribution in [3.63, 3.8) is 0 Å². The zero-order chi connectivity index (χ0) is 24.1. The lowest BCUT2D eigenvalue weighted by Gasteiger charge is -2.23. The summed E-state index contributed by atoms with van der Waals surface area (Å²) in [5, 5.41) is 0. The van der Waals surface area contributed by atoms with Crippen LogP contribution in [0.4, 0.5) is 0 Å². The number of carbonyl (C=O) groups excluding carboxylic acids is 2. The molecule has 0 atom stereocenters. The predicted octanol–water partition coefficient (Wildman–Crippen LogP) is 8.20. The number of hydrogen-bond donors (Lipinski definition) is 0. The Balaban J connectivity index is 3.49. The van der Waals surface area contributed by atoms with E-state index >= 15 is 0 Å². The van der Waals surface area contributed by atoms with E-state index in [9.17, 15) is 9.59 Å². The van der Waals surface area contributed by atoms with Gasteiger partial charge in [0, 0.05) is 6.61 Å². The maximum Gasteiger partial charge on any atom is 0.377 e. The Hall–Kier alpha value is -0.900. The fourth-order valence-electron chi connectivity index (χ4n) is 3.74. The molecule has 0 heterocycles. The predicted molar refractivity (Wildman–Crippen MR) is 135 cm³/mol. The van der Waals surface area contributed by atoms with Crippen molar-refractivity contribution >= 4 is 11.8 Å². The van der Waals surface area contributed by atoms with Crippen LogP contribution in [-0.4, -0.2) is 30.6 Å². The molecule has 4 nitrogen and oxygen atoms in total. The van der Waals surface area contributed by atoms with Crippen molar-refractivity contribution in [3.8, 4) is 0 Å². The number of esters is 1. The standard InChI is InChI=1S/C28H54O4/c1-6-7-8-9-10-11-12-13-14-15-16-17-18-19-20-21-23-31-27(30)26(29)28(4,5)32-24-22-25(2)3/h25H,6-24H2,1-5H3. The number of Topliss-reactive ketones (excluding diaryl/α,β-unsaturated/α-hetero) is 1. The average Bonchev–Trinajstić information content (AvgIpc) is 2.74. The van der Waals surface area contributed by atoms with E-state index in [2.05, 4.69) is 20.8 Å². The van der Waals surface area contributed by atoms with Crippen LogP contribution in [0.5, 0.6) is 0 Å². The molecule has 0 spiro atoms. The number of ether oxygens (including phenoxy) is 2. The molecule has 0 amide bonds. The highest BCUT2D eigenvalue weighted by molar-refractivity contribution is 6.36. The van der Waals surface area contributed by atoms with Gasteiger partial charge in [-0.1, -0.05) is 117 Å². The molecule has 0 rings (SSSR count). The molecular weight excluding hydrogens is 400 g/mol. The summed E-state index contributed by atoms with van der Waals surface area (Å²) in [5.74, 6) is -0.846. The summed E-state index contributed by atoms with van der Waals surface area (Å²) in [4.78, 5) is 24.2. The number of rotatable bonds is 23. The smallest absolute Gasteiger partial charge is 0.377 e. The first kappa shape index (κ1) is 31.1. The van der Waals surface area contributed by atoms with E-state index in [0.717, 1.165) is 19.3 Å². The van der Waals surface area contributed by atoms with Crippen LogP contribution in [0.2, 0.25) is 0 Å². The molecule has 0 fully saturated rings. The summed E-state index contributed by atoms with van der Waals surface area (Å²) in [7, 11) is 0. The van der Waals surface area contributed by atoms with Crippen LogP contribution in [0, 0.1) is 5.92 Å². The molecule has 0 N–H and O–H groups in total. The Bertz CT molecular complexity index is 456. The molecule has 0 unspecified atom stereocenters. The first-order valence-electron chi connectivity index (χ1n) is 13.7. The monoisotopic (exact) mass is 454 g/mol. The molecule has 0 bridgehead atoms. The lowest BCUT2D eigenvalue weighted by Crippen LogP contribution is -2.41. The summed E-state index contributed by atoms with van der Waals surface area (Å²) < 4.78 is 10.8. The molecule has 190 valence electrons. The lowest BCUT2D eigenvalue weighted by molar-refractivity contribution is -0.164. The van der Waals surface area contributed by atoms with E-state index in [1.807, 2.05) is 0 Å².